The average molecular weight is 352 g/mol. The van der Waals surface area contributed by atoms with E-state index in [1.807, 2.05) is 6.07 Å². The van der Waals surface area contributed by atoms with Crippen molar-refractivity contribution < 1.29 is 5.11 Å². The number of nitriles is 1. The van der Waals surface area contributed by atoms with Gasteiger partial charge in [0.1, 0.15) is 11.6 Å². The van der Waals surface area contributed by atoms with Crippen LogP contribution in [-0.2, 0) is 14.1 Å². The third-order valence-corrected chi connectivity index (χ3v) is 3.59. The molecular weight excluding hydrogens is 340 g/mol. The van der Waals surface area contributed by atoms with Crippen molar-refractivity contribution in [2.45, 2.75) is 0 Å². The SMILES string of the molecule is Cn1c(O)c(N=Nc2c(C#N)cnn2-c2ccccn2)c(=O)n(C)c1=O. The molecule has 0 aromatic carbocycles. The molecule has 0 aliphatic rings. The summed E-state index contributed by atoms with van der Waals surface area (Å²) < 4.78 is 2.91. The molecule has 3 aromatic rings. The zero-order chi connectivity index (χ0) is 18.8. The van der Waals surface area contributed by atoms with Crippen LogP contribution in [0.1, 0.15) is 5.56 Å². The molecule has 0 unspecified atom stereocenters. The summed E-state index contributed by atoms with van der Waals surface area (Å²) in [5, 5.41) is 30.9. The van der Waals surface area contributed by atoms with E-state index in [1.54, 1.807) is 24.4 Å². The van der Waals surface area contributed by atoms with Gasteiger partial charge in [0.05, 0.1) is 6.20 Å². The number of aromatic hydroxyl groups is 1. The second kappa shape index (κ2) is 6.44. The third-order valence-electron chi connectivity index (χ3n) is 3.59. The number of pyridine rings is 1. The maximum absolute atomic E-state index is 12.2. The first-order valence-corrected chi connectivity index (χ1v) is 7.26. The van der Waals surface area contributed by atoms with Crippen LogP contribution in [0.5, 0.6) is 5.88 Å². The van der Waals surface area contributed by atoms with Gasteiger partial charge in [0, 0.05) is 20.3 Å². The largest absolute Gasteiger partial charge is 0.493 e. The Hall–Kier alpha value is -4.07. The van der Waals surface area contributed by atoms with Gasteiger partial charge < -0.3 is 5.11 Å². The van der Waals surface area contributed by atoms with Gasteiger partial charge in [-0.2, -0.15) is 15.0 Å². The smallest absolute Gasteiger partial charge is 0.333 e. The minimum Gasteiger partial charge on any atom is -0.493 e. The fraction of sp³-hybridized carbons (Fsp3) is 0.133. The first-order chi connectivity index (χ1) is 12.5. The van der Waals surface area contributed by atoms with Crippen LogP contribution < -0.4 is 11.2 Å². The second-order valence-corrected chi connectivity index (χ2v) is 5.17. The highest BCUT2D eigenvalue weighted by Gasteiger charge is 2.17. The Labute approximate surface area is 145 Å². The van der Waals surface area contributed by atoms with Crippen molar-refractivity contribution in [1.82, 2.24) is 23.9 Å². The lowest BCUT2D eigenvalue weighted by Gasteiger charge is -2.06. The third kappa shape index (κ3) is 2.65. The predicted octanol–water partition coefficient (Wildman–Crippen LogP) is 0.657. The number of nitrogens with zero attached hydrogens (tertiary/aromatic N) is 8. The summed E-state index contributed by atoms with van der Waals surface area (Å²) in [7, 11) is 2.54. The highest BCUT2D eigenvalue weighted by molar-refractivity contribution is 5.51. The maximum Gasteiger partial charge on any atom is 0.333 e. The summed E-state index contributed by atoms with van der Waals surface area (Å²) in [5.74, 6) is -0.216. The van der Waals surface area contributed by atoms with Crippen molar-refractivity contribution >= 4 is 11.5 Å². The molecule has 3 heterocycles. The topological polar surface area (TPSA) is 143 Å². The summed E-state index contributed by atoms with van der Waals surface area (Å²) >= 11 is 0. The molecule has 0 aliphatic carbocycles. The van der Waals surface area contributed by atoms with E-state index >= 15 is 0 Å². The van der Waals surface area contributed by atoms with Crippen molar-refractivity contribution in [1.29, 1.82) is 5.26 Å². The van der Waals surface area contributed by atoms with Crippen molar-refractivity contribution in [3.8, 4) is 17.8 Å². The molecule has 130 valence electrons. The highest BCUT2D eigenvalue weighted by atomic mass is 16.3. The lowest BCUT2D eigenvalue weighted by molar-refractivity contribution is 0.413. The Balaban J connectivity index is 2.17. The molecule has 0 saturated carbocycles. The van der Waals surface area contributed by atoms with E-state index in [4.69, 9.17) is 0 Å². The zero-order valence-corrected chi connectivity index (χ0v) is 13.7. The first kappa shape index (κ1) is 16.8. The Morgan fingerprint density at radius 2 is 1.96 bits per heavy atom. The highest BCUT2D eigenvalue weighted by Crippen LogP contribution is 2.26. The zero-order valence-electron chi connectivity index (χ0n) is 13.7. The van der Waals surface area contributed by atoms with E-state index in [-0.39, 0.29) is 11.4 Å². The van der Waals surface area contributed by atoms with Crippen LogP contribution in [0.4, 0.5) is 11.5 Å². The predicted molar refractivity (Wildman–Crippen MR) is 88.8 cm³/mol. The molecule has 0 amide bonds. The first-order valence-electron chi connectivity index (χ1n) is 7.26. The quantitative estimate of drug-likeness (QED) is 0.686. The Bertz CT molecular complexity index is 1160. The second-order valence-electron chi connectivity index (χ2n) is 5.17. The van der Waals surface area contributed by atoms with Gasteiger partial charge in [-0.25, -0.2) is 9.78 Å². The van der Waals surface area contributed by atoms with Crippen LogP contribution in [0.3, 0.4) is 0 Å². The van der Waals surface area contributed by atoms with Crippen molar-refractivity contribution in [3.63, 3.8) is 0 Å². The van der Waals surface area contributed by atoms with Gasteiger partial charge in [0.15, 0.2) is 11.6 Å². The Morgan fingerprint density at radius 3 is 2.62 bits per heavy atom. The molecular formula is C15H12N8O3. The van der Waals surface area contributed by atoms with Crippen molar-refractivity contribution in [2.75, 3.05) is 0 Å². The van der Waals surface area contributed by atoms with Gasteiger partial charge in [0.2, 0.25) is 11.6 Å². The summed E-state index contributed by atoms with van der Waals surface area (Å²) in [6.45, 7) is 0. The van der Waals surface area contributed by atoms with Gasteiger partial charge in [-0.3, -0.25) is 13.9 Å². The Morgan fingerprint density at radius 1 is 1.19 bits per heavy atom. The maximum atomic E-state index is 12.2. The minimum atomic E-state index is -0.822. The molecule has 1 N–H and O–H groups in total. The molecule has 0 bridgehead atoms. The van der Waals surface area contributed by atoms with Crippen LogP contribution >= 0.6 is 0 Å². The number of hydrogen-bond acceptors (Lipinski definition) is 8. The van der Waals surface area contributed by atoms with Gasteiger partial charge in [-0.1, -0.05) is 6.07 Å². The summed E-state index contributed by atoms with van der Waals surface area (Å²) in [5.41, 5.74) is -1.87. The molecule has 0 radical (unpaired) electrons. The molecule has 26 heavy (non-hydrogen) atoms. The molecule has 0 aliphatic heterocycles. The molecule has 11 heteroatoms. The molecule has 0 fully saturated rings. The van der Waals surface area contributed by atoms with Gasteiger partial charge in [-0.05, 0) is 12.1 Å². The molecule has 3 rings (SSSR count). The van der Waals surface area contributed by atoms with Gasteiger partial charge in [-0.15, -0.1) is 10.2 Å². The van der Waals surface area contributed by atoms with Crippen molar-refractivity contribution in [2.24, 2.45) is 24.3 Å². The van der Waals surface area contributed by atoms with Gasteiger partial charge in [0.25, 0.3) is 5.56 Å². The average Bonchev–Trinajstić information content (AvgIpc) is 3.08. The van der Waals surface area contributed by atoms with E-state index in [1.165, 1.54) is 25.0 Å². The summed E-state index contributed by atoms with van der Waals surface area (Å²) in [4.78, 5) is 28.0. The fourth-order valence-corrected chi connectivity index (χ4v) is 2.16. The van der Waals surface area contributed by atoms with E-state index in [2.05, 4.69) is 20.3 Å². The van der Waals surface area contributed by atoms with E-state index in [0.717, 1.165) is 9.13 Å². The molecule has 3 aromatic heterocycles. The van der Waals surface area contributed by atoms with Gasteiger partial charge >= 0.3 is 5.69 Å². The number of aromatic nitrogens is 5. The summed E-state index contributed by atoms with van der Waals surface area (Å²) in [6.07, 6.45) is 2.82. The normalized spacial score (nSPS) is 11.0. The van der Waals surface area contributed by atoms with Crippen LogP contribution in [-0.4, -0.2) is 29.0 Å². The van der Waals surface area contributed by atoms with E-state index in [0.29, 0.717) is 5.82 Å². The fourth-order valence-electron chi connectivity index (χ4n) is 2.16. The molecule has 11 nitrogen and oxygen atoms in total. The molecule has 0 saturated heterocycles. The lowest BCUT2D eigenvalue weighted by Crippen LogP contribution is -2.36. The Kier molecular flexibility index (Phi) is 4.16. The summed E-state index contributed by atoms with van der Waals surface area (Å²) in [6, 6.07) is 7.01. The molecule has 0 spiro atoms. The standard InChI is InChI=1S/C15H12N8O3/c1-21-13(24)11(14(25)22(2)15(21)26)19-20-12-9(7-16)8-18-23(12)10-5-3-4-6-17-10/h3-6,8,24H,1-2H3. The van der Waals surface area contributed by atoms with Crippen LogP contribution in [0.25, 0.3) is 5.82 Å². The number of hydrogen-bond donors (Lipinski definition) is 1. The molecule has 0 atom stereocenters. The lowest BCUT2D eigenvalue weighted by atomic mass is 10.3. The van der Waals surface area contributed by atoms with Crippen LogP contribution in [0.15, 0.2) is 50.4 Å². The van der Waals surface area contributed by atoms with Crippen LogP contribution in [0.2, 0.25) is 0 Å². The minimum absolute atomic E-state index is 0.0292. The number of rotatable bonds is 3. The number of azo groups is 1. The van der Waals surface area contributed by atoms with E-state index in [9.17, 15) is 20.0 Å². The van der Waals surface area contributed by atoms with Crippen molar-refractivity contribution in [3.05, 3.63) is 57.0 Å². The monoisotopic (exact) mass is 352 g/mol. The van der Waals surface area contributed by atoms with Crippen LogP contribution in [0, 0.1) is 11.3 Å². The van der Waals surface area contributed by atoms with E-state index < -0.39 is 22.8 Å².